The Balaban J connectivity index is 2.06. The topological polar surface area (TPSA) is 82.4 Å². The molecule has 0 aromatic heterocycles. The van der Waals surface area contributed by atoms with E-state index in [2.05, 4.69) is 13.8 Å². The first-order valence-corrected chi connectivity index (χ1v) is 23.6. The summed E-state index contributed by atoms with van der Waals surface area (Å²) in [4.78, 5) is 1.96. The summed E-state index contributed by atoms with van der Waals surface area (Å²) >= 11 is 0. The lowest BCUT2D eigenvalue weighted by atomic mass is 10.0. The van der Waals surface area contributed by atoms with E-state index < -0.39 is 12.2 Å². The smallest absolute Gasteiger partial charge is 0.115 e. The van der Waals surface area contributed by atoms with Crippen LogP contribution in [0.15, 0.2) is 24.3 Å². The van der Waals surface area contributed by atoms with Crippen LogP contribution in [0, 0.1) is 0 Å². The number of phenols is 1. The van der Waals surface area contributed by atoms with Crippen LogP contribution in [-0.2, 0) is 9.47 Å². The van der Waals surface area contributed by atoms with Gasteiger partial charge in [0.25, 0.3) is 0 Å². The molecule has 0 saturated heterocycles. The average Bonchev–Trinajstić information content (AvgIpc) is 3.17. The predicted octanol–water partition coefficient (Wildman–Crippen LogP) is 13.5. The van der Waals surface area contributed by atoms with Crippen molar-refractivity contribution in [3.8, 4) is 5.75 Å². The Hall–Kier alpha value is -1.34. The molecule has 0 aliphatic heterocycles. The van der Waals surface area contributed by atoms with E-state index in [1.807, 2.05) is 17.0 Å². The van der Waals surface area contributed by atoms with Gasteiger partial charge in [-0.15, -0.1) is 0 Å². The summed E-state index contributed by atoms with van der Waals surface area (Å²) in [5.41, 5.74) is 0.849. The number of unbranched alkanes of at least 4 members (excludes halogenated alkanes) is 30. The predicted molar refractivity (Wildman–Crippen MR) is 233 cm³/mol. The molecule has 0 saturated carbocycles. The van der Waals surface area contributed by atoms with Crippen LogP contribution >= 0.6 is 0 Å². The second kappa shape index (κ2) is 39.9. The Labute approximate surface area is 335 Å². The highest BCUT2D eigenvalue weighted by molar-refractivity contribution is 5.49. The number of aliphatic hydroxyl groups excluding tert-OH is 2. The zero-order valence-electron chi connectivity index (χ0n) is 35.9. The molecule has 0 aliphatic rings. The van der Waals surface area contributed by atoms with Crippen molar-refractivity contribution in [3.05, 3.63) is 24.3 Å². The van der Waals surface area contributed by atoms with Gasteiger partial charge in [0.05, 0.1) is 25.4 Å². The highest BCUT2D eigenvalue weighted by atomic mass is 16.5. The van der Waals surface area contributed by atoms with E-state index >= 15 is 0 Å². The van der Waals surface area contributed by atoms with Crippen LogP contribution in [0.3, 0.4) is 0 Å². The number of hydrogen-bond donors (Lipinski definition) is 3. The lowest BCUT2D eigenvalue weighted by Crippen LogP contribution is -2.41. The maximum Gasteiger partial charge on any atom is 0.115 e. The number of hydrogen-bond acceptors (Lipinski definition) is 6. The standard InChI is InChI=1S/C48H91NO5/c1-3-5-7-9-11-13-15-17-19-21-23-25-27-29-31-33-39-53-43-47(51)41-49(45-35-37-46(50)38-36-45)42-48(52)44-54-40-34-32-30-28-26-24-22-20-18-16-14-12-10-8-6-4-2/h35-38,47-48,50-52H,3-34,39-44H2,1-2H3. The SMILES string of the molecule is CCCCCCCCCCCCCCCCCCOCC(O)CN(CC(O)COCCCCCCCCCCCCCCCCCC)c1ccc(O)cc1. The minimum absolute atomic E-state index is 0.198. The van der Waals surface area contributed by atoms with Crippen molar-refractivity contribution in [2.24, 2.45) is 0 Å². The Bertz CT molecular complexity index is 819. The fourth-order valence-electron chi connectivity index (χ4n) is 7.51. The van der Waals surface area contributed by atoms with Crippen molar-refractivity contribution in [2.75, 3.05) is 44.4 Å². The molecule has 0 amide bonds. The van der Waals surface area contributed by atoms with Crippen LogP contribution in [0.5, 0.6) is 5.75 Å². The molecule has 318 valence electrons. The molecule has 0 radical (unpaired) electrons. The van der Waals surface area contributed by atoms with E-state index in [9.17, 15) is 15.3 Å². The molecule has 0 bridgehead atoms. The maximum atomic E-state index is 10.8. The van der Waals surface area contributed by atoms with E-state index in [0.29, 0.717) is 26.3 Å². The average molecular weight is 762 g/mol. The minimum atomic E-state index is -0.668. The van der Waals surface area contributed by atoms with E-state index in [1.54, 1.807) is 12.1 Å². The molecule has 0 heterocycles. The number of aliphatic hydroxyl groups is 2. The van der Waals surface area contributed by atoms with E-state index in [-0.39, 0.29) is 19.0 Å². The van der Waals surface area contributed by atoms with Gasteiger partial charge in [0.1, 0.15) is 5.75 Å². The Morgan fingerprint density at radius 1 is 0.407 bits per heavy atom. The van der Waals surface area contributed by atoms with Gasteiger partial charge in [-0.3, -0.25) is 0 Å². The maximum absolute atomic E-state index is 10.8. The normalized spacial score (nSPS) is 12.7. The molecule has 3 N–H and O–H groups in total. The summed E-state index contributed by atoms with van der Waals surface area (Å²) in [6.07, 6.45) is 41.8. The molecular formula is C48H91NO5. The molecule has 0 fully saturated rings. The molecule has 1 aromatic carbocycles. The summed E-state index contributed by atoms with van der Waals surface area (Å²) in [6.45, 7) is 7.16. The molecule has 2 atom stereocenters. The lowest BCUT2D eigenvalue weighted by molar-refractivity contribution is 0.0284. The number of phenolic OH excluding ortho intramolecular Hbond substituents is 1. The molecule has 2 unspecified atom stereocenters. The minimum Gasteiger partial charge on any atom is -0.508 e. The van der Waals surface area contributed by atoms with Crippen LogP contribution in [-0.4, -0.2) is 67.0 Å². The number of rotatable bonds is 43. The highest BCUT2D eigenvalue weighted by Crippen LogP contribution is 2.20. The second-order valence-electron chi connectivity index (χ2n) is 16.5. The van der Waals surface area contributed by atoms with Gasteiger partial charge in [-0.1, -0.05) is 206 Å². The van der Waals surface area contributed by atoms with Crippen molar-refractivity contribution in [2.45, 2.75) is 232 Å². The summed E-state index contributed by atoms with van der Waals surface area (Å²) in [6, 6.07) is 6.93. The van der Waals surface area contributed by atoms with Crippen molar-refractivity contribution >= 4 is 5.69 Å². The van der Waals surface area contributed by atoms with Crippen LogP contribution in [0.4, 0.5) is 5.69 Å². The van der Waals surface area contributed by atoms with Crippen LogP contribution < -0.4 is 4.90 Å². The van der Waals surface area contributed by atoms with Gasteiger partial charge in [-0.25, -0.2) is 0 Å². The first kappa shape index (κ1) is 50.7. The van der Waals surface area contributed by atoms with Crippen molar-refractivity contribution in [1.82, 2.24) is 0 Å². The zero-order valence-corrected chi connectivity index (χ0v) is 35.9. The number of aromatic hydroxyl groups is 1. The molecule has 0 aliphatic carbocycles. The second-order valence-corrected chi connectivity index (χ2v) is 16.5. The molecule has 1 aromatic rings. The van der Waals surface area contributed by atoms with Crippen molar-refractivity contribution in [3.63, 3.8) is 0 Å². The van der Waals surface area contributed by atoms with Gasteiger partial charge in [0, 0.05) is 32.0 Å². The lowest BCUT2D eigenvalue weighted by Gasteiger charge is -2.29. The molecule has 54 heavy (non-hydrogen) atoms. The third-order valence-corrected chi connectivity index (χ3v) is 11.0. The first-order chi connectivity index (χ1) is 26.6. The van der Waals surface area contributed by atoms with E-state index in [0.717, 1.165) is 18.5 Å². The molecule has 0 spiro atoms. The van der Waals surface area contributed by atoms with E-state index in [4.69, 9.17) is 9.47 Å². The van der Waals surface area contributed by atoms with Crippen LogP contribution in [0.1, 0.15) is 219 Å². The number of nitrogens with zero attached hydrogens (tertiary/aromatic N) is 1. The summed E-state index contributed by atoms with van der Waals surface area (Å²) < 4.78 is 11.7. The van der Waals surface area contributed by atoms with Gasteiger partial charge in [-0.05, 0) is 37.1 Å². The largest absolute Gasteiger partial charge is 0.508 e. The molecular weight excluding hydrogens is 671 g/mol. The number of anilines is 1. The summed E-state index contributed by atoms with van der Waals surface area (Å²) in [5.74, 6) is 0.198. The third kappa shape index (κ3) is 34.0. The summed E-state index contributed by atoms with van der Waals surface area (Å²) in [7, 11) is 0. The zero-order chi connectivity index (χ0) is 39.0. The Kier molecular flexibility index (Phi) is 37.4. The highest BCUT2D eigenvalue weighted by Gasteiger charge is 2.17. The molecule has 6 nitrogen and oxygen atoms in total. The molecule has 1 rings (SSSR count). The molecule has 6 heteroatoms. The van der Waals surface area contributed by atoms with Crippen LogP contribution in [0.25, 0.3) is 0 Å². The summed E-state index contributed by atoms with van der Waals surface area (Å²) in [5, 5.41) is 31.4. The fourth-order valence-corrected chi connectivity index (χ4v) is 7.51. The van der Waals surface area contributed by atoms with Gasteiger partial charge in [-0.2, -0.15) is 0 Å². The van der Waals surface area contributed by atoms with E-state index in [1.165, 1.54) is 193 Å². The van der Waals surface area contributed by atoms with Crippen molar-refractivity contribution < 1.29 is 24.8 Å². The fraction of sp³-hybridized carbons (Fsp3) is 0.875. The van der Waals surface area contributed by atoms with Gasteiger partial charge in [0.2, 0.25) is 0 Å². The Morgan fingerprint density at radius 3 is 0.944 bits per heavy atom. The Morgan fingerprint density at radius 2 is 0.667 bits per heavy atom. The van der Waals surface area contributed by atoms with Crippen LogP contribution in [0.2, 0.25) is 0 Å². The third-order valence-electron chi connectivity index (χ3n) is 11.0. The quantitative estimate of drug-likeness (QED) is 0.0575. The van der Waals surface area contributed by atoms with Crippen molar-refractivity contribution in [1.29, 1.82) is 0 Å². The monoisotopic (exact) mass is 762 g/mol. The van der Waals surface area contributed by atoms with Gasteiger partial charge in [0.15, 0.2) is 0 Å². The van der Waals surface area contributed by atoms with Gasteiger partial charge < -0.3 is 29.7 Å². The number of benzene rings is 1. The van der Waals surface area contributed by atoms with Gasteiger partial charge >= 0.3 is 0 Å². The first-order valence-electron chi connectivity index (χ1n) is 23.6. The number of ether oxygens (including phenoxy) is 2.